The second-order valence-corrected chi connectivity index (χ2v) is 5.46. The zero-order valence-electron chi connectivity index (χ0n) is 11.6. The maximum absolute atomic E-state index is 12.7. The van der Waals surface area contributed by atoms with Gasteiger partial charge < -0.3 is 4.90 Å². The van der Waals surface area contributed by atoms with Crippen molar-refractivity contribution in [3.8, 4) is 0 Å². The number of carbonyl (C=O) groups is 1. The van der Waals surface area contributed by atoms with Gasteiger partial charge in [-0.3, -0.25) is 9.78 Å². The Kier molecular flexibility index (Phi) is 5.09. The first-order valence-electron chi connectivity index (χ1n) is 6.38. The fourth-order valence-electron chi connectivity index (χ4n) is 1.81. The Morgan fingerprint density at radius 2 is 2.05 bits per heavy atom. The highest BCUT2D eigenvalue weighted by Crippen LogP contribution is 2.19. The highest BCUT2D eigenvalue weighted by molar-refractivity contribution is 6.34. The summed E-state index contributed by atoms with van der Waals surface area (Å²) in [5.74, 6) is -0.252. The first-order valence-corrected chi connectivity index (χ1v) is 7.14. The highest BCUT2D eigenvalue weighted by Gasteiger charge is 2.23. The first kappa shape index (κ1) is 15.7. The molecule has 0 aromatic carbocycles. The molecule has 0 spiro atoms. The average Bonchev–Trinajstić information content (AvgIpc) is 2.47. The smallest absolute Gasteiger partial charge is 0.257 e. The molecule has 0 fully saturated rings. The molecule has 5 nitrogen and oxygen atoms in total. The van der Waals surface area contributed by atoms with E-state index in [9.17, 15) is 4.79 Å². The van der Waals surface area contributed by atoms with Crippen LogP contribution in [0.25, 0.3) is 0 Å². The predicted molar refractivity (Wildman–Crippen MR) is 81.3 cm³/mol. The van der Waals surface area contributed by atoms with Crippen LogP contribution in [-0.4, -0.2) is 32.0 Å². The molecule has 0 unspecified atom stereocenters. The van der Waals surface area contributed by atoms with Crippen LogP contribution in [0.2, 0.25) is 10.3 Å². The van der Waals surface area contributed by atoms with E-state index in [0.717, 1.165) is 5.69 Å². The number of carbonyl (C=O) groups excluding carboxylic acids is 1. The molecule has 0 aliphatic heterocycles. The van der Waals surface area contributed by atoms with Gasteiger partial charge in [-0.1, -0.05) is 29.3 Å². The van der Waals surface area contributed by atoms with E-state index in [-0.39, 0.29) is 27.8 Å². The molecule has 0 bridgehead atoms. The Bertz CT molecular complexity index is 634. The lowest BCUT2D eigenvalue weighted by Gasteiger charge is -2.26. The number of aromatic nitrogens is 3. The lowest BCUT2D eigenvalue weighted by Crippen LogP contribution is -2.37. The summed E-state index contributed by atoms with van der Waals surface area (Å²) >= 11 is 11.7. The lowest BCUT2D eigenvalue weighted by atomic mass is 10.2. The second-order valence-electron chi connectivity index (χ2n) is 4.72. The third-order valence-corrected chi connectivity index (χ3v) is 3.36. The van der Waals surface area contributed by atoms with E-state index < -0.39 is 0 Å². The van der Waals surface area contributed by atoms with Crippen molar-refractivity contribution in [1.29, 1.82) is 0 Å². The van der Waals surface area contributed by atoms with Crippen LogP contribution in [-0.2, 0) is 6.54 Å². The Labute approximate surface area is 132 Å². The summed E-state index contributed by atoms with van der Waals surface area (Å²) in [5.41, 5.74) is 1.03. The molecule has 0 saturated heterocycles. The van der Waals surface area contributed by atoms with Crippen molar-refractivity contribution in [2.45, 2.75) is 26.4 Å². The van der Waals surface area contributed by atoms with Crippen LogP contribution in [0.4, 0.5) is 0 Å². The van der Waals surface area contributed by atoms with E-state index in [2.05, 4.69) is 15.2 Å². The molecule has 21 heavy (non-hydrogen) atoms. The normalized spacial score (nSPS) is 10.7. The Hall–Kier alpha value is -1.72. The zero-order chi connectivity index (χ0) is 15.4. The molecule has 0 N–H and O–H groups in total. The van der Waals surface area contributed by atoms with E-state index in [4.69, 9.17) is 23.2 Å². The summed E-state index contributed by atoms with van der Waals surface area (Å²) in [4.78, 5) is 18.5. The molecule has 1 amide bonds. The summed E-state index contributed by atoms with van der Waals surface area (Å²) in [5, 5.41) is 7.45. The molecular formula is C14H14Cl2N4O. The fourth-order valence-corrected chi connectivity index (χ4v) is 2.13. The fraction of sp³-hybridized carbons (Fsp3) is 0.286. The van der Waals surface area contributed by atoms with Crippen LogP contribution < -0.4 is 0 Å². The Morgan fingerprint density at radius 3 is 2.67 bits per heavy atom. The van der Waals surface area contributed by atoms with Gasteiger partial charge in [0.25, 0.3) is 5.91 Å². The molecule has 0 aliphatic rings. The first-order chi connectivity index (χ1) is 9.99. The third-order valence-electron chi connectivity index (χ3n) is 2.89. The Balaban J connectivity index is 2.30. The molecule has 0 aliphatic carbocycles. The van der Waals surface area contributed by atoms with Crippen LogP contribution in [0.15, 0.2) is 30.5 Å². The van der Waals surface area contributed by atoms with Gasteiger partial charge in [0, 0.05) is 12.2 Å². The van der Waals surface area contributed by atoms with Gasteiger partial charge in [-0.15, -0.1) is 10.2 Å². The summed E-state index contributed by atoms with van der Waals surface area (Å²) < 4.78 is 0. The van der Waals surface area contributed by atoms with E-state index in [1.54, 1.807) is 11.1 Å². The van der Waals surface area contributed by atoms with Crippen LogP contribution in [0.5, 0.6) is 0 Å². The van der Waals surface area contributed by atoms with Gasteiger partial charge in [0.15, 0.2) is 10.3 Å². The molecule has 2 rings (SSSR count). The molecule has 7 heteroatoms. The van der Waals surface area contributed by atoms with Crippen LogP contribution in [0.3, 0.4) is 0 Å². The predicted octanol–water partition coefficient (Wildman–Crippen LogP) is 3.23. The van der Waals surface area contributed by atoms with E-state index >= 15 is 0 Å². The van der Waals surface area contributed by atoms with Gasteiger partial charge >= 0.3 is 0 Å². The molecule has 2 aromatic heterocycles. The number of hydrogen-bond donors (Lipinski definition) is 0. The van der Waals surface area contributed by atoms with Gasteiger partial charge in [-0.05, 0) is 32.0 Å². The van der Waals surface area contributed by atoms with E-state index in [0.29, 0.717) is 6.54 Å². The van der Waals surface area contributed by atoms with E-state index in [1.165, 1.54) is 6.07 Å². The molecule has 0 radical (unpaired) electrons. The van der Waals surface area contributed by atoms with Crippen molar-refractivity contribution >= 4 is 29.1 Å². The minimum atomic E-state index is -0.252. The number of amides is 1. The zero-order valence-corrected chi connectivity index (χ0v) is 13.1. The number of halogens is 2. The van der Waals surface area contributed by atoms with Crippen LogP contribution >= 0.6 is 23.2 Å². The maximum Gasteiger partial charge on any atom is 0.257 e. The summed E-state index contributed by atoms with van der Waals surface area (Å²) in [6.45, 7) is 4.23. The third kappa shape index (κ3) is 3.89. The van der Waals surface area contributed by atoms with Crippen molar-refractivity contribution in [2.75, 3.05) is 0 Å². The molecule has 0 saturated carbocycles. The molecule has 2 aromatic rings. The topological polar surface area (TPSA) is 59.0 Å². The van der Waals surface area contributed by atoms with Crippen LogP contribution in [0.1, 0.15) is 29.9 Å². The minimum absolute atomic E-state index is 0.0255. The summed E-state index contributed by atoms with van der Waals surface area (Å²) in [6.07, 6.45) is 1.69. The molecule has 2 heterocycles. The van der Waals surface area contributed by atoms with Crippen molar-refractivity contribution in [2.24, 2.45) is 0 Å². The molecule has 0 atom stereocenters. The van der Waals surface area contributed by atoms with Crippen molar-refractivity contribution < 1.29 is 4.79 Å². The second kappa shape index (κ2) is 6.83. The van der Waals surface area contributed by atoms with Crippen molar-refractivity contribution in [3.05, 3.63) is 52.0 Å². The number of nitrogens with zero attached hydrogens (tertiary/aromatic N) is 4. The maximum atomic E-state index is 12.7. The standard InChI is InChI=1S/C14H14Cl2N4O/c1-9(2)20(8-10-5-3-4-6-17-10)14(21)11-7-12(15)18-19-13(11)16/h3-7,9H,8H2,1-2H3. The molecular weight excluding hydrogens is 311 g/mol. The average molecular weight is 325 g/mol. The van der Waals surface area contributed by atoms with Gasteiger partial charge in [-0.2, -0.15) is 0 Å². The van der Waals surface area contributed by atoms with Gasteiger partial charge in [0.2, 0.25) is 0 Å². The highest BCUT2D eigenvalue weighted by atomic mass is 35.5. The quantitative estimate of drug-likeness (QED) is 0.866. The van der Waals surface area contributed by atoms with Gasteiger partial charge in [-0.25, -0.2) is 0 Å². The lowest BCUT2D eigenvalue weighted by molar-refractivity contribution is 0.0687. The van der Waals surface area contributed by atoms with Crippen molar-refractivity contribution in [1.82, 2.24) is 20.1 Å². The summed E-state index contributed by atoms with van der Waals surface area (Å²) in [7, 11) is 0. The number of rotatable bonds is 4. The van der Waals surface area contributed by atoms with Gasteiger partial charge in [0.1, 0.15) is 0 Å². The number of pyridine rings is 1. The monoisotopic (exact) mass is 324 g/mol. The minimum Gasteiger partial charge on any atom is -0.330 e. The summed E-state index contributed by atoms with van der Waals surface area (Å²) in [6, 6.07) is 6.97. The number of hydrogen-bond acceptors (Lipinski definition) is 4. The molecule has 110 valence electrons. The van der Waals surface area contributed by atoms with E-state index in [1.807, 2.05) is 32.0 Å². The van der Waals surface area contributed by atoms with Gasteiger partial charge in [0.05, 0.1) is 17.8 Å². The largest absolute Gasteiger partial charge is 0.330 e. The SMILES string of the molecule is CC(C)N(Cc1ccccn1)C(=O)c1cc(Cl)nnc1Cl. The Morgan fingerprint density at radius 1 is 1.29 bits per heavy atom. The van der Waals surface area contributed by atoms with Crippen molar-refractivity contribution in [3.63, 3.8) is 0 Å². The van der Waals surface area contributed by atoms with Crippen LogP contribution in [0, 0.1) is 0 Å².